The van der Waals surface area contributed by atoms with Crippen molar-refractivity contribution in [3.05, 3.63) is 59.2 Å². The van der Waals surface area contributed by atoms with Crippen LogP contribution in [0.4, 0.5) is 10.1 Å². The van der Waals surface area contributed by atoms with Crippen molar-refractivity contribution in [3.8, 4) is 0 Å². The highest BCUT2D eigenvalue weighted by atomic mass is 32.2. The first-order valence-corrected chi connectivity index (χ1v) is 11.6. The molecule has 1 amide bonds. The van der Waals surface area contributed by atoms with Gasteiger partial charge in [0.05, 0.1) is 15.5 Å². The van der Waals surface area contributed by atoms with Gasteiger partial charge in [-0.05, 0) is 67.3 Å². The number of benzene rings is 2. The molecule has 0 aliphatic carbocycles. The Balaban J connectivity index is 1.87. The van der Waals surface area contributed by atoms with Gasteiger partial charge in [0.25, 0.3) is 15.9 Å². The third-order valence-corrected chi connectivity index (χ3v) is 7.57. The maximum absolute atomic E-state index is 13.1. The number of nitrogens with zero attached hydrogens (tertiary/aromatic N) is 1. The Kier molecular flexibility index (Phi) is 6.24. The van der Waals surface area contributed by atoms with Crippen LogP contribution in [0.5, 0.6) is 0 Å². The fourth-order valence-electron chi connectivity index (χ4n) is 3.04. The average Bonchev–Trinajstić information content (AvgIpc) is 3.11. The molecule has 0 saturated carbocycles. The first-order chi connectivity index (χ1) is 13.7. The van der Waals surface area contributed by atoms with E-state index >= 15 is 0 Å². The highest BCUT2D eigenvalue weighted by Crippen LogP contribution is 2.31. The quantitative estimate of drug-likeness (QED) is 0.582. The second-order valence-corrected chi connectivity index (χ2v) is 9.98. The van der Waals surface area contributed by atoms with Crippen molar-refractivity contribution in [2.75, 3.05) is 11.4 Å². The van der Waals surface area contributed by atoms with E-state index in [9.17, 15) is 17.6 Å². The molecule has 3 rings (SSSR count). The molecule has 29 heavy (non-hydrogen) atoms. The van der Waals surface area contributed by atoms with E-state index in [2.05, 4.69) is 12.2 Å². The minimum atomic E-state index is -3.82. The van der Waals surface area contributed by atoms with Crippen molar-refractivity contribution in [3.63, 3.8) is 0 Å². The summed E-state index contributed by atoms with van der Waals surface area (Å²) in [5.74, 6) is -0.619. The fraction of sp³-hybridized carbons (Fsp3) is 0.286. The van der Waals surface area contributed by atoms with E-state index in [1.807, 2.05) is 6.92 Å². The van der Waals surface area contributed by atoms with E-state index in [0.717, 1.165) is 39.4 Å². The van der Waals surface area contributed by atoms with Gasteiger partial charge < -0.3 is 5.32 Å². The Morgan fingerprint density at radius 2 is 1.86 bits per heavy atom. The van der Waals surface area contributed by atoms with Crippen molar-refractivity contribution in [1.29, 1.82) is 0 Å². The normalized spacial score (nSPS) is 12.7. The van der Waals surface area contributed by atoms with Crippen LogP contribution in [-0.2, 0) is 10.0 Å². The van der Waals surface area contributed by atoms with E-state index < -0.39 is 15.8 Å². The largest absolute Gasteiger partial charge is 0.349 e. The molecule has 1 heterocycles. The number of hydrogen-bond donors (Lipinski definition) is 1. The summed E-state index contributed by atoms with van der Waals surface area (Å²) >= 11 is 1.37. The molecular weight excluding hydrogens is 411 g/mol. The molecule has 0 unspecified atom stereocenters. The zero-order valence-electron chi connectivity index (χ0n) is 16.5. The second-order valence-electron chi connectivity index (χ2n) is 6.92. The van der Waals surface area contributed by atoms with Gasteiger partial charge in [-0.15, -0.1) is 11.3 Å². The van der Waals surface area contributed by atoms with Crippen LogP contribution in [0.2, 0.25) is 0 Å². The van der Waals surface area contributed by atoms with Crippen LogP contribution in [0.15, 0.2) is 53.4 Å². The third-order valence-electron chi connectivity index (χ3n) is 4.66. The minimum absolute atomic E-state index is 0.0109. The Morgan fingerprint density at radius 3 is 2.52 bits per heavy atom. The summed E-state index contributed by atoms with van der Waals surface area (Å²) < 4.78 is 40.8. The van der Waals surface area contributed by atoms with Crippen LogP contribution in [0.3, 0.4) is 0 Å². The molecule has 1 N–H and O–H groups in total. The molecule has 1 atom stereocenters. The molecular formula is C21H23FN2O3S2. The first-order valence-electron chi connectivity index (χ1n) is 9.31. The molecule has 0 spiro atoms. The van der Waals surface area contributed by atoms with Gasteiger partial charge in [0.2, 0.25) is 0 Å². The Labute approximate surface area is 174 Å². The average molecular weight is 435 g/mol. The van der Waals surface area contributed by atoms with Crippen LogP contribution in [-0.4, -0.2) is 27.4 Å². The summed E-state index contributed by atoms with van der Waals surface area (Å²) in [6.45, 7) is 4.04. The number of carbonyl (C=O) groups is 1. The standard InChI is InChI=1S/C21H23FN2O3S2/c1-4-5-14(2)23-21(25)20-13-15-12-17(8-11-19(15)28-20)24(3)29(26,27)18-9-6-16(22)7-10-18/h6-14H,4-5H2,1-3H3,(H,23,25)/t14-/m0/s1. The second kappa shape index (κ2) is 8.51. The number of anilines is 1. The monoisotopic (exact) mass is 434 g/mol. The number of sulfonamides is 1. The number of amides is 1. The highest BCUT2D eigenvalue weighted by Gasteiger charge is 2.22. The molecule has 0 saturated heterocycles. The van der Waals surface area contributed by atoms with E-state index in [-0.39, 0.29) is 16.8 Å². The summed E-state index contributed by atoms with van der Waals surface area (Å²) in [5.41, 5.74) is 0.464. The number of hydrogen-bond acceptors (Lipinski definition) is 4. The zero-order valence-corrected chi connectivity index (χ0v) is 18.1. The van der Waals surface area contributed by atoms with Crippen LogP contribution in [0.25, 0.3) is 10.1 Å². The molecule has 2 aromatic carbocycles. The highest BCUT2D eigenvalue weighted by molar-refractivity contribution is 7.92. The maximum Gasteiger partial charge on any atom is 0.264 e. The molecule has 8 heteroatoms. The van der Waals surface area contributed by atoms with Crippen LogP contribution >= 0.6 is 11.3 Å². The number of thiophene rings is 1. The lowest BCUT2D eigenvalue weighted by molar-refractivity contribution is 0.0942. The summed E-state index contributed by atoms with van der Waals surface area (Å²) in [5, 5.41) is 3.77. The molecule has 1 aromatic heterocycles. The van der Waals surface area contributed by atoms with Gasteiger partial charge in [-0.1, -0.05) is 13.3 Å². The van der Waals surface area contributed by atoms with E-state index in [0.29, 0.717) is 10.6 Å². The summed E-state index contributed by atoms with van der Waals surface area (Å²) in [7, 11) is -2.37. The smallest absolute Gasteiger partial charge is 0.264 e. The van der Waals surface area contributed by atoms with Crippen molar-refractivity contribution >= 4 is 43.0 Å². The SMILES string of the molecule is CCC[C@H](C)NC(=O)c1cc2cc(N(C)S(=O)(=O)c3ccc(F)cc3)ccc2s1. The molecule has 154 valence electrons. The Bertz CT molecular complexity index is 1120. The van der Waals surface area contributed by atoms with Crippen molar-refractivity contribution in [2.45, 2.75) is 37.6 Å². The van der Waals surface area contributed by atoms with Crippen molar-refractivity contribution in [2.24, 2.45) is 0 Å². The van der Waals surface area contributed by atoms with E-state index in [1.165, 1.54) is 30.5 Å². The van der Waals surface area contributed by atoms with Crippen LogP contribution in [0.1, 0.15) is 36.4 Å². The number of fused-ring (bicyclic) bond motifs is 1. The molecule has 5 nitrogen and oxygen atoms in total. The van der Waals surface area contributed by atoms with Gasteiger partial charge >= 0.3 is 0 Å². The number of halogens is 1. The van der Waals surface area contributed by atoms with Gasteiger partial charge in [-0.25, -0.2) is 12.8 Å². The summed E-state index contributed by atoms with van der Waals surface area (Å²) in [6, 6.07) is 11.8. The topological polar surface area (TPSA) is 66.5 Å². The number of carbonyl (C=O) groups excluding carboxylic acids is 1. The molecule has 0 radical (unpaired) electrons. The molecule has 0 aliphatic heterocycles. The van der Waals surface area contributed by atoms with Gasteiger partial charge in [-0.2, -0.15) is 0 Å². The zero-order chi connectivity index (χ0) is 21.2. The fourth-order valence-corrected chi connectivity index (χ4v) is 5.18. The summed E-state index contributed by atoms with van der Waals surface area (Å²) in [6.07, 6.45) is 1.90. The van der Waals surface area contributed by atoms with Crippen LogP contribution < -0.4 is 9.62 Å². The maximum atomic E-state index is 13.1. The summed E-state index contributed by atoms with van der Waals surface area (Å²) in [4.78, 5) is 13.1. The number of rotatable bonds is 7. The molecule has 0 bridgehead atoms. The van der Waals surface area contributed by atoms with Gasteiger partial charge in [0.15, 0.2) is 0 Å². The Hall–Kier alpha value is -2.45. The van der Waals surface area contributed by atoms with E-state index in [1.54, 1.807) is 24.3 Å². The third kappa shape index (κ3) is 4.59. The van der Waals surface area contributed by atoms with E-state index in [4.69, 9.17) is 0 Å². The van der Waals surface area contributed by atoms with Crippen molar-refractivity contribution < 1.29 is 17.6 Å². The van der Waals surface area contributed by atoms with Crippen LogP contribution in [0, 0.1) is 5.82 Å². The molecule has 3 aromatic rings. The van der Waals surface area contributed by atoms with Gasteiger partial charge in [0, 0.05) is 17.8 Å². The lowest BCUT2D eigenvalue weighted by atomic mass is 10.2. The predicted octanol–water partition coefficient (Wildman–Crippen LogP) is 4.78. The Morgan fingerprint density at radius 1 is 1.17 bits per heavy atom. The lowest BCUT2D eigenvalue weighted by Crippen LogP contribution is -2.31. The predicted molar refractivity (Wildman–Crippen MR) is 116 cm³/mol. The minimum Gasteiger partial charge on any atom is -0.349 e. The number of nitrogens with one attached hydrogen (secondary N) is 1. The van der Waals surface area contributed by atoms with Gasteiger partial charge in [-0.3, -0.25) is 9.10 Å². The first kappa shape index (κ1) is 21.3. The lowest BCUT2D eigenvalue weighted by Gasteiger charge is -2.19. The van der Waals surface area contributed by atoms with Crippen molar-refractivity contribution in [1.82, 2.24) is 5.32 Å². The molecule has 0 fully saturated rings. The molecule has 0 aliphatic rings. The van der Waals surface area contributed by atoms with Gasteiger partial charge in [0.1, 0.15) is 5.82 Å².